The van der Waals surface area contributed by atoms with Gasteiger partial charge in [-0.15, -0.1) is 0 Å². The van der Waals surface area contributed by atoms with Crippen LogP contribution in [0.25, 0.3) is 0 Å². The second-order valence-corrected chi connectivity index (χ2v) is 15.3. The zero-order valence-corrected chi connectivity index (χ0v) is 17.5. The molecule has 1 aliphatic rings. The van der Waals surface area contributed by atoms with Crippen LogP contribution in [0, 0.1) is 0 Å². The van der Waals surface area contributed by atoms with E-state index >= 15 is 0 Å². The van der Waals surface area contributed by atoms with Gasteiger partial charge in [0.2, 0.25) is 0 Å². The van der Waals surface area contributed by atoms with Gasteiger partial charge in [0.1, 0.15) is 0 Å². The van der Waals surface area contributed by atoms with Crippen LogP contribution in [0.1, 0.15) is 62.3 Å². The SMILES string of the molecule is CCP(CC)C1C=CC=C1C(C)P(C(C)(C)C)C(C)(C)C. The van der Waals surface area contributed by atoms with Crippen molar-refractivity contribution in [3.8, 4) is 0 Å². The molecule has 0 heterocycles. The Kier molecular flexibility index (Phi) is 6.72. The van der Waals surface area contributed by atoms with Gasteiger partial charge in [-0.1, -0.05) is 102 Å². The molecule has 2 unspecified atom stereocenters. The van der Waals surface area contributed by atoms with E-state index in [0.717, 1.165) is 11.3 Å². The van der Waals surface area contributed by atoms with E-state index in [9.17, 15) is 0 Å². The summed E-state index contributed by atoms with van der Waals surface area (Å²) in [5.41, 5.74) is 3.21. The highest BCUT2D eigenvalue weighted by molar-refractivity contribution is 7.62. The van der Waals surface area contributed by atoms with Gasteiger partial charge in [-0.3, -0.25) is 0 Å². The van der Waals surface area contributed by atoms with E-state index in [0.29, 0.717) is 10.3 Å². The molecule has 0 aliphatic heterocycles. The predicted octanol–water partition coefficient (Wildman–Crippen LogP) is 6.84. The quantitative estimate of drug-likeness (QED) is 0.485. The van der Waals surface area contributed by atoms with Crippen molar-refractivity contribution < 1.29 is 0 Å². The first kappa shape index (κ1) is 19.4. The second-order valence-electron chi connectivity index (χ2n) is 8.11. The van der Waals surface area contributed by atoms with E-state index in [1.54, 1.807) is 5.57 Å². The predicted molar refractivity (Wildman–Crippen MR) is 105 cm³/mol. The third-order valence-corrected chi connectivity index (χ3v) is 11.3. The average molecular weight is 326 g/mol. The maximum atomic E-state index is 2.51. The summed E-state index contributed by atoms with van der Waals surface area (Å²) >= 11 is 0. The van der Waals surface area contributed by atoms with Crippen molar-refractivity contribution in [1.82, 2.24) is 0 Å². The fourth-order valence-electron chi connectivity index (χ4n) is 4.13. The Hall–Kier alpha value is 0.340. The Morgan fingerprint density at radius 1 is 1.00 bits per heavy atom. The summed E-state index contributed by atoms with van der Waals surface area (Å²) in [6, 6.07) is 0. The topological polar surface area (TPSA) is 0 Å². The molecule has 0 saturated heterocycles. The minimum absolute atomic E-state index is 0.0743. The van der Waals surface area contributed by atoms with Crippen LogP contribution in [-0.4, -0.2) is 34.0 Å². The van der Waals surface area contributed by atoms with E-state index < -0.39 is 0 Å². The van der Waals surface area contributed by atoms with Gasteiger partial charge >= 0.3 is 0 Å². The largest absolute Gasteiger partial charge is 0.0959 e. The molecule has 0 fully saturated rings. The minimum atomic E-state index is -0.0743. The van der Waals surface area contributed by atoms with Crippen molar-refractivity contribution in [3.05, 3.63) is 23.8 Å². The molecule has 0 aromatic rings. The molecule has 2 heteroatoms. The molecule has 0 radical (unpaired) electrons. The van der Waals surface area contributed by atoms with Gasteiger partial charge in [-0.05, 0) is 28.3 Å². The Morgan fingerprint density at radius 2 is 1.48 bits per heavy atom. The zero-order chi connectivity index (χ0) is 16.4. The summed E-state index contributed by atoms with van der Waals surface area (Å²) in [5, 5.41) is 0.810. The fourth-order valence-corrected chi connectivity index (χ4v) is 11.4. The third kappa shape index (κ3) is 4.65. The van der Waals surface area contributed by atoms with Gasteiger partial charge in [-0.2, -0.15) is 0 Å². The molecule has 0 spiro atoms. The lowest BCUT2D eigenvalue weighted by molar-refractivity contribution is 0.693. The zero-order valence-electron chi connectivity index (χ0n) is 15.7. The Labute approximate surface area is 136 Å². The molecular weight excluding hydrogens is 290 g/mol. The lowest BCUT2D eigenvalue weighted by Crippen LogP contribution is -2.32. The van der Waals surface area contributed by atoms with Crippen molar-refractivity contribution in [2.45, 2.75) is 83.9 Å². The molecule has 1 rings (SSSR count). The molecule has 2 atom stereocenters. The highest BCUT2D eigenvalue weighted by Gasteiger charge is 2.41. The minimum Gasteiger partial charge on any atom is -0.0959 e. The van der Waals surface area contributed by atoms with Crippen LogP contribution in [-0.2, 0) is 0 Å². The van der Waals surface area contributed by atoms with E-state index in [4.69, 9.17) is 0 Å². The number of allylic oxidation sites excluding steroid dienone is 4. The molecule has 0 amide bonds. The molecule has 0 bridgehead atoms. The van der Waals surface area contributed by atoms with Crippen LogP contribution in [0.4, 0.5) is 0 Å². The second kappa shape index (κ2) is 7.27. The van der Waals surface area contributed by atoms with Crippen LogP contribution < -0.4 is 0 Å². The number of rotatable bonds is 5. The highest BCUT2D eigenvalue weighted by Crippen LogP contribution is 2.65. The fraction of sp³-hybridized carbons (Fsp3) is 0.789. The van der Waals surface area contributed by atoms with Crippen LogP contribution >= 0.6 is 15.8 Å². The summed E-state index contributed by atoms with van der Waals surface area (Å²) in [4.78, 5) is 0. The van der Waals surface area contributed by atoms with Crippen molar-refractivity contribution in [3.63, 3.8) is 0 Å². The Morgan fingerprint density at radius 3 is 1.86 bits per heavy atom. The van der Waals surface area contributed by atoms with Gasteiger partial charge in [0, 0.05) is 5.66 Å². The number of hydrogen-bond donors (Lipinski definition) is 0. The average Bonchev–Trinajstić information content (AvgIpc) is 2.75. The third-order valence-electron chi connectivity index (χ3n) is 4.44. The summed E-state index contributed by atoms with van der Waals surface area (Å²) in [7, 11) is 0.0554. The monoisotopic (exact) mass is 326 g/mol. The van der Waals surface area contributed by atoms with Gasteiger partial charge < -0.3 is 0 Å². The van der Waals surface area contributed by atoms with Crippen molar-refractivity contribution in [1.29, 1.82) is 0 Å². The lowest BCUT2D eigenvalue weighted by Gasteiger charge is -2.47. The van der Waals surface area contributed by atoms with Crippen LogP contribution in [0.3, 0.4) is 0 Å². The molecule has 0 N–H and O–H groups in total. The maximum absolute atomic E-state index is 2.51. The summed E-state index contributed by atoms with van der Waals surface area (Å²) in [5.74, 6) is 0. The van der Waals surface area contributed by atoms with Gasteiger partial charge in [0.25, 0.3) is 0 Å². The van der Waals surface area contributed by atoms with E-state index in [1.165, 1.54) is 12.3 Å². The van der Waals surface area contributed by atoms with Crippen molar-refractivity contribution in [2.75, 3.05) is 12.3 Å². The molecule has 0 aromatic carbocycles. The first-order chi connectivity index (χ1) is 9.54. The lowest BCUT2D eigenvalue weighted by atomic mass is 10.1. The molecule has 21 heavy (non-hydrogen) atoms. The summed E-state index contributed by atoms with van der Waals surface area (Å²) in [6.07, 6.45) is 9.98. The molecule has 1 aliphatic carbocycles. The molecule has 0 nitrogen and oxygen atoms in total. The first-order valence-corrected chi connectivity index (χ1v) is 11.6. The maximum Gasteiger partial charge on any atom is 0.0192 e. The van der Waals surface area contributed by atoms with Gasteiger partial charge in [-0.25, -0.2) is 0 Å². The smallest absolute Gasteiger partial charge is 0.0192 e. The Bertz CT molecular complexity index is 375. The van der Waals surface area contributed by atoms with E-state index in [1.807, 2.05) is 0 Å². The van der Waals surface area contributed by atoms with Crippen molar-refractivity contribution in [2.24, 2.45) is 0 Å². The molecule has 0 saturated carbocycles. The van der Waals surface area contributed by atoms with Crippen LogP contribution in [0.2, 0.25) is 0 Å². The van der Waals surface area contributed by atoms with Gasteiger partial charge in [0.05, 0.1) is 0 Å². The van der Waals surface area contributed by atoms with Crippen LogP contribution in [0.5, 0.6) is 0 Å². The normalized spacial score (nSPS) is 21.3. The standard InChI is InChI=1S/C19H36P2/c1-10-20(11-2)17-14-12-13-16(17)15(3)21(18(4,5)6)19(7,8)9/h12-15,17H,10-11H2,1-9H3. The van der Waals surface area contributed by atoms with E-state index in [-0.39, 0.29) is 15.8 Å². The molecular formula is C19H36P2. The molecule has 122 valence electrons. The summed E-state index contributed by atoms with van der Waals surface area (Å²) in [6.45, 7) is 21.9. The Balaban J connectivity index is 3.08. The van der Waals surface area contributed by atoms with Crippen molar-refractivity contribution >= 4 is 15.8 Å². The van der Waals surface area contributed by atoms with E-state index in [2.05, 4.69) is 80.5 Å². The van der Waals surface area contributed by atoms with Crippen LogP contribution in [0.15, 0.2) is 23.8 Å². The molecule has 0 aromatic heterocycles. The highest BCUT2D eigenvalue weighted by atomic mass is 31.1. The summed E-state index contributed by atoms with van der Waals surface area (Å²) < 4.78 is 0. The van der Waals surface area contributed by atoms with Gasteiger partial charge in [0.15, 0.2) is 0 Å². The first-order valence-electron chi connectivity index (χ1n) is 8.45. The number of hydrogen-bond acceptors (Lipinski definition) is 0.